The van der Waals surface area contributed by atoms with E-state index in [-0.39, 0.29) is 17.8 Å². The monoisotopic (exact) mass is 582 g/mol. The zero-order valence-electron chi connectivity index (χ0n) is 23.7. The van der Waals surface area contributed by atoms with Crippen LogP contribution in [0, 0.1) is 6.92 Å². The summed E-state index contributed by atoms with van der Waals surface area (Å²) in [5.41, 5.74) is 2.65. The van der Waals surface area contributed by atoms with Gasteiger partial charge in [-0.15, -0.1) is 11.3 Å². The predicted molar refractivity (Wildman–Crippen MR) is 154 cm³/mol. The summed E-state index contributed by atoms with van der Waals surface area (Å²) in [4.78, 5) is 61.2. The first-order valence-electron chi connectivity index (χ1n) is 13.6. The number of fused-ring (bicyclic) bond motifs is 1. The molecule has 0 radical (unpaired) electrons. The smallest absolute Gasteiger partial charge is 0.303 e. The zero-order chi connectivity index (χ0) is 29.1. The highest BCUT2D eigenvalue weighted by molar-refractivity contribution is 7.19. The third-order valence-corrected chi connectivity index (χ3v) is 8.36. The van der Waals surface area contributed by atoms with Crippen LogP contribution in [0.1, 0.15) is 31.2 Å². The van der Waals surface area contributed by atoms with Gasteiger partial charge in [-0.2, -0.15) is 0 Å². The second kappa shape index (κ2) is 12.4. The van der Waals surface area contributed by atoms with E-state index in [0.717, 1.165) is 54.3 Å². The predicted octanol–water partition coefficient (Wildman–Crippen LogP) is 1.85. The number of ether oxygens (including phenoxy) is 2. The van der Waals surface area contributed by atoms with E-state index in [0.29, 0.717) is 37.7 Å². The number of morpholine rings is 1. The molecule has 2 saturated heterocycles. The van der Waals surface area contributed by atoms with E-state index in [1.54, 1.807) is 35.6 Å². The minimum absolute atomic E-state index is 0.162. The lowest BCUT2D eigenvalue weighted by Crippen LogP contribution is -2.51. The fourth-order valence-corrected chi connectivity index (χ4v) is 6.24. The summed E-state index contributed by atoms with van der Waals surface area (Å²) in [6.45, 7) is 12.5. The number of anilines is 2. The van der Waals surface area contributed by atoms with Gasteiger partial charge in [0.2, 0.25) is 11.9 Å². The molecule has 218 valence electrons. The Bertz CT molecular complexity index is 1430. The van der Waals surface area contributed by atoms with Crippen molar-refractivity contribution < 1.29 is 23.9 Å². The van der Waals surface area contributed by atoms with Gasteiger partial charge >= 0.3 is 5.97 Å². The highest BCUT2D eigenvalue weighted by Crippen LogP contribution is 2.38. The number of nitrogens with zero attached hydrogens (tertiary/aromatic N) is 7. The summed E-state index contributed by atoms with van der Waals surface area (Å²) >= 11 is 1.70. The van der Waals surface area contributed by atoms with Gasteiger partial charge in [0.25, 0.3) is 5.91 Å². The number of piperazine rings is 1. The van der Waals surface area contributed by atoms with Crippen molar-refractivity contribution in [3.63, 3.8) is 0 Å². The molecular weight excluding hydrogens is 548 g/mol. The number of hydrogen-bond acceptors (Lipinski definition) is 12. The molecule has 2 amide bonds. The Hall–Kier alpha value is -3.75. The summed E-state index contributed by atoms with van der Waals surface area (Å²) < 4.78 is 11.7. The molecule has 2 fully saturated rings. The van der Waals surface area contributed by atoms with Crippen LogP contribution >= 0.6 is 11.3 Å². The largest absolute Gasteiger partial charge is 0.453 e. The molecule has 0 bridgehead atoms. The SMILES string of the molecule is CC(=O)Nc1ncc(-c2nc(N3CCOCC3)c3sc(CN4CCN(C(=O)[C@H](C)OC(C)=O)CC4)c(C)c3n2)cn1. The van der Waals surface area contributed by atoms with Crippen LogP contribution < -0.4 is 10.2 Å². The lowest BCUT2D eigenvalue weighted by Gasteiger charge is -2.35. The summed E-state index contributed by atoms with van der Waals surface area (Å²) in [5.74, 6) is 0.763. The first kappa shape index (κ1) is 28.8. The van der Waals surface area contributed by atoms with Crippen molar-refractivity contribution in [1.82, 2.24) is 29.7 Å². The third-order valence-electron chi connectivity index (χ3n) is 7.10. The normalized spacial score (nSPS) is 17.0. The van der Waals surface area contributed by atoms with Crippen LogP contribution in [0.25, 0.3) is 21.6 Å². The average Bonchev–Trinajstić information content (AvgIpc) is 3.27. The molecule has 2 aliphatic heterocycles. The lowest BCUT2D eigenvalue weighted by atomic mass is 10.2. The van der Waals surface area contributed by atoms with Crippen molar-refractivity contribution in [2.24, 2.45) is 0 Å². The summed E-state index contributed by atoms with van der Waals surface area (Å²) in [5, 5.41) is 2.58. The second-order valence-corrected chi connectivity index (χ2v) is 11.2. The molecule has 0 aromatic carbocycles. The van der Waals surface area contributed by atoms with Crippen molar-refractivity contribution in [2.45, 2.75) is 40.3 Å². The highest BCUT2D eigenvalue weighted by atomic mass is 32.1. The number of thiophene rings is 1. The molecule has 1 N–H and O–H groups in total. The Labute approximate surface area is 241 Å². The maximum Gasteiger partial charge on any atom is 0.303 e. The van der Waals surface area contributed by atoms with E-state index >= 15 is 0 Å². The molecule has 14 heteroatoms. The lowest BCUT2D eigenvalue weighted by molar-refractivity contribution is -0.158. The van der Waals surface area contributed by atoms with E-state index in [1.807, 2.05) is 0 Å². The number of carbonyl (C=O) groups is 3. The van der Waals surface area contributed by atoms with E-state index in [2.05, 4.69) is 32.0 Å². The van der Waals surface area contributed by atoms with Gasteiger partial charge in [-0.05, 0) is 19.4 Å². The molecule has 0 aliphatic carbocycles. The first-order valence-corrected chi connectivity index (χ1v) is 14.4. The topological polar surface area (TPSA) is 143 Å². The Morgan fingerprint density at radius 3 is 2.37 bits per heavy atom. The third kappa shape index (κ3) is 6.60. The molecule has 41 heavy (non-hydrogen) atoms. The minimum Gasteiger partial charge on any atom is -0.453 e. The van der Waals surface area contributed by atoms with Gasteiger partial charge in [-0.25, -0.2) is 19.9 Å². The molecule has 5 rings (SSSR count). The van der Waals surface area contributed by atoms with Crippen LogP contribution in [0.2, 0.25) is 0 Å². The van der Waals surface area contributed by atoms with Crippen LogP contribution in [0.5, 0.6) is 0 Å². The number of carbonyl (C=O) groups excluding carboxylic acids is 3. The average molecular weight is 583 g/mol. The van der Waals surface area contributed by atoms with Gasteiger partial charge in [-0.3, -0.25) is 24.6 Å². The van der Waals surface area contributed by atoms with Crippen molar-refractivity contribution in [3.8, 4) is 11.4 Å². The Morgan fingerprint density at radius 2 is 1.73 bits per heavy atom. The van der Waals surface area contributed by atoms with E-state index in [1.165, 1.54) is 18.7 Å². The number of hydrogen-bond donors (Lipinski definition) is 1. The van der Waals surface area contributed by atoms with Crippen LogP contribution in [-0.2, 0) is 30.4 Å². The fraction of sp³-hybridized carbons (Fsp3) is 0.519. The van der Waals surface area contributed by atoms with Gasteiger partial charge in [-0.1, -0.05) is 0 Å². The fourth-order valence-electron chi connectivity index (χ4n) is 4.94. The van der Waals surface area contributed by atoms with Crippen LogP contribution in [0.15, 0.2) is 12.4 Å². The van der Waals surface area contributed by atoms with Gasteiger partial charge < -0.3 is 19.3 Å². The van der Waals surface area contributed by atoms with E-state index < -0.39 is 12.1 Å². The molecule has 2 aliphatic rings. The van der Waals surface area contributed by atoms with Crippen LogP contribution in [0.4, 0.5) is 11.8 Å². The Balaban J connectivity index is 1.38. The first-order chi connectivity index (χ1) is 19.7. The Kier molecular flexibility index (Phi) is 8.71. The number of esters is 1. The summed E-state index contributed by atoms with van der Waals surface area (Å²) in [7, 11) is 0. The standard InChI is InChI=1S/C27H34N8O5S/c1-16-21(15-33-5-7-35(8-6-33)26(38)17(2)40-19(4)37)41-23-22(16)31-24(32-25(23)34-9-11-39-12-10-34)20-13-28-27(29-14-20)30-18(3)36/h13-14,17H,5-12,15H2,1-4H3,(H,28,29,30,36)/t17-/m0/s1. The van der Waals surface area contributed by atoms with Gasteiger partial charge in [0.05, 0.1) is 29.0 Å². The summed E-state index contributed by atoms with van der Waals surface area (Å²) in [6.07, 6.45) is 2.46. The molecule has 1 atom stereocenters. The quantitative estimate of drug-likeness (QED) is 0.408. The van der Waals surface area contributed by atoms with E-state index in [9.17, 15) is 14.4 Å². The number of aryl methyl sites for hydroxylation is 1. The molecule has 0 saturated carbocycles. The van der Waals surface area contributed by atoms with Crippen molar-refractivity contribution in [3.05, 3.63) is 22.8 Å². The van der Waals surface area contributed by atoms with Gasteiger partial charge in [0.1, 0.15) is 0 Å². The molecule has 0 spiro atoms. The second-order valence-electron chi connectivity index (χ2n) is 10.1. The highest BCUT2D eigenvalue weighted by Gasteiger charge is 2.28. The number of aromatic nitrogens is 4. The number of nitrogens with one attached hydrogen (secondary N) is 1. The maximum absolute atomic E-state index is 12.6. The molecule has 0 unspecified atom stereocenters. The Morgan fingerprint density at radius 1 is 1.05 bits per heavy atom. The maximum atomic E-state index is 12.6. The van der Waals surface area contributed by atoms with Crippen molar-refractivity contribution >= 4 is 51.1 Å². The molecule has 13 nitrogen and oxygen atoms in total. The zero-order valence-corrected chi connectivity index (χ0v) is 24.5. The summed E-state index contributed by atoms with van der Waals surface area (Å²) in [6, 6.07) is 0. The van der Waals surface area contributed by atoms with Crippen LogP contribution in [-0.4, -0.2) is 106 Å². The van der Waals surface area contributed by atoms with Crippen molar-refractivity contribution in [2.75, 3.05) is 62.7 Å². The molecular formula is C27H34N8O5S. The van der Waals surface area contributed by atoms with Gasteiger partial charge in [0.15, 0.2) is 17.7 Å². The molecule has 3 aromatic heterocycles. The van der Waals surface area contributed by atoms with Crippen molar-refractivity contribution in [1.29, 1.82) is 0 Å². The molecule has 5 heterocycles. The number of amides is 2. The van der Waals surface area contributed by atoms with Gasteiger partial charge in [0, 0.05) is 76.9 Å². The minimum atomic E-state index is -0.776. The number of rotatable bonds is 7. The van der Waals surface area contributed by atoms with Crippen LogP contribution in [0.3, 0.4) is 0 Å². The van der Waals surface area contributed by atoms with E-state index in [4.69, 9.17) is 19.4 Å². The molecule has 3 aromatic rings.